The van der Waals surface area contributed by atoms with E-state index in [1.54, 1.807) is 12.1 Å². The molecule has 1 aromatic carbocycles. The minimum absolute atomic E-state index is 0.172. The van der Waals surface area contributed by atoms with Gasteiger partial charge in [0.25, 0.3) is 0 Å². The van der Waals surface area contributed by atoms with Gasteiger partial charge in [-0.05, 0) is 56.0 Å². The van der Waals surface area contributed by atoms with Crippen LogP contribution in [-0.2, 0) is 12.1 Å². The Balaban J connectivity index is 1.29. The SMILES string of the molecule is CN1CCN(c2nccc(CN3CC4CCCC(O)(c5ccc(F)cc5)C4C3)n2)CC1. The first kappa shape index (κ1) is 20.8. The van der Waals surface area contributed by atoms with E-state index in [-0.39, 0.29) is 11.7 Å². The third kappa shape index (κ3) is 4.19. The second-order valence-corrected chi connectivity index (χ2v) is 9.52. The van der Waals surface area contributed by atoms with Gasteiger partial charge < -0.3 is 14.9 Å². The molecule has 3 atom stereocenters. The number of nitrogens with zero attached hydrogens (tertiary/aromatic N) is 5. The van der Waals surface area contributed by atoms with Crippen LogP contribution in [0.2, 0.25) is 0 Å². The number of benzene rings is 1. The predicted octanol–water partition coefficient (Wildman–Crippen LogP) is 2.49. The molecule has 3 aliphatic rings. The van der Waals surface area contributed by atoms with E-state index in [1.165, 1.54) is 12.1 Å². The molecule has 7 heteroatoms. The van der Waals surface area contributed by atoms with Gasteiger partial charge in [-0.3, -0.25) is 4.90 Å². The summed E-state index contributed by atoms with van der Waals surface area (Å²) in [6, 6.07) is 8.45. The molecule has 3 unspecified atom stereocenters. The zero-order chi connectivity index (χ0) is 21.4. The van der Waals surface area contributed by atoms with Crippen LogP contribution in [0.4, 0.5) is 10.3 Å². The fraction of sp³-hybridized carbons (Fsp3) is 0.583. The molecule has 1 aromatic heterocycles. The molecule has 166 valence electrons. The monoisotopic (exact) mass is 425 g/mol. The number of likely N-dealkylation sites (N-methyl/N-ethyl adjacent to an activating group) is 1. The van der Waals surface area contributed by atoms with E-state index >= 15 is 0 Å². The molecule has 5 rings (SSSR count). The molecule has 1 saturated carbocycles. The molecule has 6 nitrogen and oxygen atoms in total. The molecule has 0 amide bonds. The van der Waals surface area contributed by atoms with Crippen molar-refractivity contribution < 1.29 is 9.50 Å². The lowest BCUT2D eigenvalue weighted by Crippen LogP contribution is -2.45. The van der Waals surface area contributed by atoms with E-state index in [0.717, 1.165) is 82.3 Å². The Labute approximate surface area is 183 Å². The van der Waals surface area contributed by atoms with Gasteiger partial charge in [-0.2, -0.15) is 0 Å². The highest BCUT2D eigenvalue weighted by Crippen LogP contribution is 2.48. The topological polar surface area (TPSA) is 55.7 Å². The van der Waals surface area contributed by atoms with E-state index in [1.807, 2.05) is 12.3 Å². The van der Waals surface area contributed by atoms with Gasteiger partial charge in [0.2, 0.25) is 5.95 Å². The summed E-state index contributed by atoms with van der Waals surface area (Å²) in [5.41, 5.74) is 1.01. The van der Waals surface area contributed by atoms with Gasteiger partial charge in [-0.1, -0.05) is 12.1 Å². The number of halogens is 1. The van der Waals surface area contributed by atoms with Crippen molar-refractivity contribution in [1.82, 2.24) is 19.8 Å². The Hall–Kier alpha value is -2.09. The number of hydrogen-bond acceptors (Lipinski definition) is 6. The molecule has 3 fully saturated rings. The number of piperazine rings is 1. The van der Waals surface area contributed by atoms with E-state index in [9.17, 15) is 9.50 Å². The molecule has 0 radical (unpaired) electrons. The average molecular weight is 426 g/mol. The number of aromatic nitrogens is 2. The Bertz CT molecular complexity index is 901. The third-order valence-electron chi connectivity index (χ3n) is 7.48. The van der Waals surface area contributed by atoms with Crippen molar-refractivity contribution in [2.45, 2.75) is 31.4 Å². The number of anilines is 1. The normalized spacial score (nSPS) is 29.8. The van der Waals surface area contributed by atoms with Crippen molar-refractivity contribution in [2.24, 2.45) is 11.8 Å². The average Bonchev–Trinajstić information content (AvgIpc) is 3.19. The molecular formula is C24H32FN5O. The van der Waals surface area contributed by atoms with Crippen molar-refractivity contribution in [3.05, 3.63) is 53.6 Å². The summed E-state index contributed by atoms with van der Waals surface area (Å²) in [6.07, 6.45) is 4.76. The molecule has 2 aromatic rings. The maximum Gasteiger partial charge on any atom is 0.225 e. The number of aliphatic hydroxyl groups is 1. The van der Waals surface area contributed by atoms with Crippen LogP contribution in [0.5, 0.6) is 0 Å². The highest BCUT2D eigenvalue weighted by molar-refractivity contribution is 5.31. The van der Waals surface area contributed by atoms with Gasteiger partial charge in [-0.15, -0.1) is 0 Å². The van der Waals surface area contributed by atoms with Crippen LogP contribution in [0, 0.1) is 17.7 Å². The summed E-state index contributed by atoms with van der Waals surface area (Å²) < 4.78 is 13.4. The van der Waals surface area contributed by atoms with Crippen molar-refractivity contribution in [1.29, 1.82) is 0 Å². The summed E-state index contributed by atoms with van der Waals surface area (Å²) in [5, 5.41) is 11.6. The molecule has 0 spiro atoms. The first-order valence-electron chi connectivity index (χ1n) is 11.5. The number of rotatable bonds is 4. The largest absolute Gasteiger partial charge is 0.385 e. The van der Waals surface area contributed by atoms with Crippen molar-refractivity contribution in [3.8, 4) is 0 Å². The summed E-state index contributed by atoms with van der Waals surface area (Å²) in [6.45, 7) is 6.57. The zero-order valence-corrected chi connectivity index (χ0v) is 18.3. The number of hydrogen-bond donors (Lipinski definition) is 1. The smallest absolute Gasteiger partial charge is 0.225 e. The second-order valence-electron chi connectivity index (χ2n) is 9.52. The Kier molecular flexibility index (Phi) is 5.67. The van der Waals surface area contributed by atoms with Crippen LogP contribution in [-0.4, -0.2) is 71.2 Å². The van der Waals surface area contributed by atoms with E-state index in [4.69, 9.17) is 4.98 Å². The van der Waals surface area contributed by atoms with E-state index in [0.29, 0.717) is 5.92 Å². The minimum atomic E-state index is -0.873. The van der Waals surface area contributed by atoms with Crippen molar-refractivity contribution in [3.63, 3.8) is 0 Å². The summed E-state index contributed by atoms with van der Waals surface area (Å²) in [7, 11) is 2.15. The van der Waals surface area contributed by atoms with Crippen LogP contribution in [0.15, 0.2) is 36.5 Å². The van der Waals surface area contributed by atoms with Crippen LogP contribution >= 0.6 is 0 Å². The Morgan fingerprint density at radius 3 is 2.65 bits per heavy atom. The molecule has 3 heterocycles. The first-order valence-corrected chi connectivity index (χ1v) is 11.5. The quantitative estimate of drug-likeness (QED) is 0.812. The van der Waals surface area contributed by atoms with Crippen LogP contribution in [0.1, 0.15) is 30.5 Å². The fourth-order valence-corrected chi connectivity index (χ4v) is 5.70. The fourth-order valence-electron chi connectivity index (χ4n) is 5.70. The predicted molar refractivity (Wildman–Crippen MR) is 118 cm³/mol. The highest BCUT2D eigenvalue weighted by Gasteiger charge is 2.49. The summed E-state index contributed by atoms with van der Waals surface area (Å²) in [5.74, 6) is 1.20. The minimum Gasteiger partial charge on any atom is -0.385 e. The van der Waals surface area contributed by atoms with Crippen LogP contribution in [0.3, 0.4) is 0 Å². The molecular weight excluding hydrogens is 393 g/mol. The lowest BCUT2D eigenvalue weighted by Gasteiger charge is -2.41. The molecule has 31 heavy (non-hydrogen) atoms. The van der Waals surface area contributed by atoms with Gasteiger partial charge >= 0.3 is 0 Å². The van der Waals surface area contributed by atoms with Crippen molar-refractivity contribution in [2.75, 3.05) is 51.2 Å². The molecule has 2 aliphatic heterocycles. The second kappa shape index (κ2) is 8.45. The molecule has 1 N–H and O–H groups in total. The lowest BCUT2D eigenvalue weighted by atomic mass is 9.67. The standard InChI is InChI=1S/C24H32FN5O/c1-28-11-13-30(14-12-28)23-26-10-8-21(27-23)16-29-15-18-3-2-9-24(31,22(18)17-29)19-4-6-20(25)7-5-19/h4-8,10,18,22,31H,2-3,9,11-17H2,1H3. The van der Waals surface area contributed by atoms with Crippen LogP contribution < -0.4 is 4.90 Å². The summed E-state index contributed by atoms with van der Waals surface area (Å²) in [4.78, 5) is 16.4. The van der Waals surface area contributed by atoms with Gasteiger partial charge in [0, 0.05) is 57.9 Å². The molecule has 0 bridgehead atoms. The molecule has 2 saturated heterocycles. The van der Waals surface area contributed by atoms with E-state index < -0.39 is 5.60 Å². The third-order valence-corrected chi connectivity index (χ3v) is 7.48. The van der Waals surface area contributed by atoms with Gasteiger partial charge in [-0.25, -0.2) is 14.4 Å². The van der Waals surface area contributed by atoms with Gasteiger partial charge in [0.05, 0.1) is 11.3 Å². The Morgan fingerprint density at radius 1 is 1.10 bits per heavy atom. The number of fused-ring (bicyclic) bond motifs is 1. The van der Waals surface area contributed by atoms with E-state index in [2.05, 4.69) is 26.7 Å². The van der Waals surface area contributed by atoms with Gasteiger partial charge in [0.15, 0.2) is 0 Å². The maximum atomic E-state index is 13.4. The molecule has 1 aliphatic carbocycles. The lowest BCUT2D eigenvalue weighted by molar-refractivity contribution is -0.0649. The zero-order valence-electron chi connectivity index (χ0n) is 18.3. The first-order chi connectivity index (χ1) is 15.0. The highest BCUT2D eigenvalue weighted by atomic mass is 19.1. The Morgan fingerprint density at radius 2 is 1.87 bits per heavy atom. The summed E-state index contributed by atoms with van der Waals surface area (Å²) >= 11 is 0. The van der Waals surface area contributed by atoms with Crippen LogP contribution in [0.25, 0.3) is 0 Å². The maximum absolute atomic E-state index is 13.4. The number of likely N-dealkylation sites (tertiary alicyclic amines) is 1. The van der Waals surface area contributed by atoms with Crippen molar-refractivity contribution >= 4 is 5.95 Å². The van der Waals surface area contributed by atoms with Gasteiger partial charge in [0.1, 0.15) is 5.82 Å².